The largest absolute Gasteiger partial charge is 0.487 e. The number of hydrogen-bond acceptors (Lipinski definition) is 6. The van der Waals surface area contributed by atoms with Gasteiger partial charge in [0.1, 0.15) is 35.2 Å². The Balaban J connectivity index is 1.48. The van der Waals surface area contributed by atoms with E-state index in [1.807, 2.05) is 46.9 Å². The molecule has 5 rings (SSSR count). The summed E-state index contributed by atoms with van der Waals surface area (Å²) in [5.41, 5.74) is 9.24. The molecule has 162 valence electrons. The number of nitrogens with two attached hydrogens (primary N) is 1. The fraction of sp³-hybridized carbons (Fsp3) is 0.217. The van der Waals surface area contributed by atoms with Gasteiger partial charge in [0.15, 0.2) is 0 Å². The average molecular weight is 430 g/mol. The van der Waals surface area contributed by atoms with Gasteiger partial charge in [0.05, 0.1) is 11.7 Å². The summed E-state index contributed by atoms with van der Waals surface area (Å²) >= 11 is 0. The number of imidazole rings is 1. The molecule has 1 fully saturated rings. The van der Waals surface area contributed by atoms with E-state index in [-0.39, 0.29) is 6.04 Å². The zero-order chi connectivity index (χ0) is 22.1. The van der Waals surface area contributed by atoms with Crippen LogP contribution in [-0.2, 0) is 6.61 Å². The molecule has 1 atom stereocenters. The number of ether oxygens (including phenoxy) is 1. The van der Waals surface area contributed by atoms with Crippen LogP contribution >= 0.6 is 0 Å². The quantitative estimate of drug-likeness (QED) is 0.495. The van der Waals surface area contributed by atoms with Gasteiger partial charge in [-0.05, 0) is 49.2 Å². The molecular formula is C23H22N6O3. The summed E-state index contributed by atoms with van der Waals surface area (Å²) in [7, 11) is 0. The SMILES string of the molecule is Nc1nccn2c(C3CCCN3C(=O)O)nc(-c3ccc(OCc4ccccn4)cc3)c12. The van der Waals surface area contributed by atoms with Crippen LogP contribution in [0.25, 0.3) is 16.8 Å². The first-order valence-corrected chi connectivity index (χ1v) is 10.4. The minimum atomic E-state index is -0.942. The molecule has 1 unspecified atom stereocenters. The molecule has 3 aromatic heterocycles. The lowest BCUT2D eigenvalue weighted by molar-refractivity contribution is 0.138. The van der Waals surface area contributed by atoms with E-state index in [2.05, 4.69) is 9.97 Å². The topological polar surface area (TPSA) is 119 Å². The van der Waals surface area contributed by atoms with Crippen LogP contribution in [0.15, 0.2) is 61.1 Å². The first kappa shape index (κ1) is 19.8. The molecule has 0 spiro atoms. The third-order valence-corrected chi connectivity index (χ3v) is 5.65. The van der Waals surface area contributed by atoms with Crippen molar-refractivity contribution in [3.05, 3.63) is 72.6 Å². The molecular weight excluding hydrogens is 408 g/mol. The Morgan fingerprint density at radius 3 is 2.75 bits per heavy atom. The minimum absolute atomic E-state index is 0.323. The molecule has 1 aliphatic rings. The van der Waals surface area contributed by atoms with E-state index >= 15 is 0 Å². The van der Waals surface area contributed by atoms with Crippen LogP contribution < -0.4 is 10.5 Å². The predicted octanol–water partition coefficient (Wildman–Crippen LogP) is 3.77. The number of nitrogen functional groups attached to an aromatic ring is 1. The van der Waals surface area contributed by atoms with Gasteiger partial charge in [-0.2, -0.15) is 0 Å². The zero-order valence-electron chi connectivity index (χ0n) is 17.3. The van der Waals surface area contributed by atoms with Crippen LogP contribution in [0.2, 0.25) is 0 Å². The summed E-state index contributed by atoms with van der Waals surface area (Å²) in [5.74, 6) is 1.71. The van der Waals surface area contributed by atoms with Gasteiger partial charge >= 0.3 is 6.09 Å². The van der Waals surface area contributed by atoms with Crippen molar-refractivity contribution < 1.29 is 14.6 Å². The van der Waals surface area contributed by atoms with Crippen LogP contribution in [0.1, 0.15) is 30.4 Å². The summed E-state index contributed by atoms with van der Waals surface area (Å²) in [4.78, 5) is 26.5. The van der Waals surface area contributed by atoms with Gasteiger partial charge < -0.3 is 15.6 Å². The highest BCUT2D eigenvalue weighted by molar-refractivity contribution is 5.85. The molecule has 3 N–H and O–H groups in total. The van der Waals surface area contributed by atoms with Gasteiger partial charge in [-0.25, -0.2) is 14.8 Å². The first-order chi connectivity index (χ1) is 15.6. The molecule has 9 nitrogen and oxygen atoms in total. The molecule has 1 amide bonds. The maximum absolute atomic E-state index is 11.7. The van der Waals surface area contributed by atoms with E-state index in [4.69, 9.17) is 15.5 Å². The lowest BCUT2D eigenvalue weighted by Gasteiger charge is -2.20. The smallest absolute Gasteiger partial charge is 0.407 e. The molecule has 32 heavy (non-hydrogen) atoms. The summed E-state index contributed by atoms with van der Waals surface area (Å²) in [6.45, 7) is 0.869. The number of amides is 1. The summed E-state index contributed by atoms with van der Waals surface area (Å²) in [5, 5.41) is 9.59. The number of carboxylic acid groups (broad SMARTS) is 1. The van der Waals surface area contributed by atoms with Crippen LogP contribution in [0.4, 0.5) is 10.6 Å². The number of pyridine rings is 1. The van der Waals surface area contributed by atoms with E-state index in [0.29, 0.717) is 48.2 Å². The number of carbonyl (C=O) groups is 1. The molecule has 0 radical (unpaired) electrons. The molecule has 0 bridgehead atoms. The fourth-order valence-corrected chi connectivity index (χ4v) is 4.14. The second-order valence-electron chi connectivity index (χ2n) is 7.62. The lowest BCUT2D eigenvalue weighted by atomic mass is 10.1. The van der Waals surface area contributed by atoms with Gasteiger partial charge in [-0.15, -0.1) is 0 Å². The minimum Gasteiger partial charge on any atom is -0.487 e. The Morgan fingerprint density at radius 1 is 1.16 bits per heavy atom. The Bertz CT molecular complexity index is 1260. The van der Waals surface area contributed by atoms with E-state index in [1.54, 1.807) is 18.6 Å². The van der Waals surface area contributed by atoms with Crippen LogP contribution in [0.5, 0.6) is 5.75 Å². The molecule has 4 heterocycles. The second-order valence-corrected chi connectivity index (χ2v) is 7.62. The van der Waals surface area contributed by atoms with Gasteiger partial charge in [-0.3, -0.25) is 14.3 Å². The van der Waals surface area contributed by atoms with Gasteiger partial charge in [0.2, 0.25) is 0 Å². The van der Waals surface area contributed by atoms with Crippen molar-refractivity contribution in [2.45, 2.75) is 25.5 Å². The van der Waals surface area contributed by atoms with Gasteiger partial charge in [0, 0.05) is 30.7 Å². The summed E-state index contributed by atoms with van der Waals surface area (Å²) < 4.78 is 7.68. The number of benzene rings is 1. The number of likely N-dealkylation sites (tertiary alicyclic amines) is 1. The Kier molecular flexibility index (Phi) is 5.06. The van der Waals surface area contributed by atoms with Crippen molar-refractivity contribution in [3.63, 3.8) is 0 Å². The highest BCUT2D eigenvalue weighted by Gasteiger charge is 2.34. The third-order valence-electron chi connectivity index (χ3n) is 5.65. The number of anilines is 1. The maximum atomic E-state index is 11.7. The van der Waals surface area contributed by atoms with E-state index in [0.717, 1.165) is 17.7 Å². The van der Waals surface area contributed by atoms with Crippen molar-refractivity contribution in [2.24, 2.45) is 0 Å². The number of nitrogens with zero attached hydrogens (tertiary/aromatic N) is 5. The predicted molar refractivity (Wildman–Crippen MR) is 118 cm³/mol. The first-order valence-electron chi connectivity index (χ1n) is 10.4. The van der Waals surface area contributed by atoms with Crippen LogP contribution in [0, 0.1) is 0 Å². The molecule has 4 aromatic rings. The van der Waals surface area contributed by atoms with Gasteiger partial charge in [0.25, 0.3) is 0 Å². The molecule has 0 aliphatic carbocycles. The normalized spacial score (nSPS) is 15.9. The number of fused-ring (bicyclic) bond motifs is 1. The summed E-state index contributed by atoms with van der Waals surface area (Å²) in [6.07, 6.45) is 5.68. The molecule has 0 saturated carbocycles. The Hall–Kier alpha value is -4.14. The highest BCUT2D eigenvalue weighted by atomic mass is 16.5. The zero-order valence-corrected chi connectivity index (χ0v) is 17.3. The molecule has 1 aliphatic heterocycles. The Morgan fingerprint density at radius 2 is 2.00 bits per heavy atom. The molecule has 1 aromatic carbocycles. The monoisotopic (exact) mass is 430 g/mol. The standard InChI is InChI=1S/C23H22N6O3/c24-21-20-19(15-6-8-17(9-7-15)32-14-16-4-1-2-10-25-16)27-22(29(20)13-11-26-21)18-5-3-12-28(18)23(30)31/h1-2,4,6-11,13,18H,3,5,12,14H2,(H2,24,26)(H,30,31). The average Bonchev–Trinajstić information content (AvgIpc) is 3.44. The van der Waals surface area contributed by atoms with Crippen LogP contribution in [0.3, 0.4) is 0 Å². The van der Waals surface area contributed by atoms with Crippen molar-refractivity contribution in [1.82, 2.24) is 24.3 Å². The fourth-order valence-electron chi connectivity index (χ4n) is 4.14. The lowest BCUT2D eigenvalue weighted by Crippen LogP contribution is -2.29. The maximum Gasteiger partial charge on any atom is 0.407 e. The van der Waals surface area contributed by atoms with E-state index in [1.165, 1.54) is 4.90 Å². The molecule has 9 heteroatoms. The van der Waals surface area contributed by atoms with Crippen molar-refractivity contribution >= 4 is 17.4 Å². The number of rotatable bonds is 5. The number of aromatic nitrogens is 4. The third kappa shape index (κ3) is 3.58. The molecule has 1 saturated heterocycles. The van der Waals surface area contributed by atoms with Crippen molar-refractivity contribution in [3.8, 4) is 17.0 Å². The van der Waals surface area contributed by atoms with Crippen LogP contribution in [-0.4, -0.2) is 42.0 Å². The highest BCUT2D eigenvalue weighted by Crippen LogP contribution is 2.36. The summed E-state index contributed by atoms with van der Waals surface area (Å²) in [6, 6.07) is 12.9. The van der Waals surface area contributed by atoms with E-state index in [9.17, 15) is 9.90 Å². The number of hydrogen-bond donors (Lipinski definition) is 2. The van der Waals surface area contributed by atoms with Gasteiger partial charge in [-0.1, -0.05) is 6.07 Å². The van der Waals surface area contributed by atoms with E-state index < -0.39 is 6.09 Å². The van der Waals surface area contributed by atoms with Crippen molar-refractivity contribution in [1.29, 1.82) is 0 Å². The van der Waals surface area contributed by atoms with Crippen molar-refractivity contribution in [2.75, 3.05) is 12.3 Å². The second kappa shape index (κ2) is 8.18. The Labute approximate surface area is 184 Å².